The first kappa shape index (κ1) is 19.4. The largest absolute Gasteiger partial charge is 0.379 e. The minimum Gasteiger partial charge on any atom is -0.379 e. The number of benzene rings is 1. The number of aromatic nitrogens is 1. The van der Waals surface area contributed by atoms with Crippen LogP contribution in [0.5, 0.6) is 0 Å². The summed E-state index contributed by atoms with van der Waals surface area (Å²) in [5.41, 5.74) is 2.22. The van der Waals surface area contributed by atoms with Crippen LogP contribution in [-0.2, 0) is 11.3 Å². The van der Waals surface area contributed by atoms with Gasteiger partial charge in [0.05, 0.1) is 18.3 Å². The Hall–Kier alpha value is -1.92. The van der Waals surface area contributed by atoms with Gasteiger partial charge < -0.3 is 15.4 Å². The van der Waals surface area contributed by atoms with Crippen LogP contribution in [0.25, 0.3) is 10.6 Å². The predicted molar refractivity (Wildman–Crippen MR) is 106 cm³/mol. The summed E-state index contributed by atoms with van der Waals surface area (Å²) in [7, 11) is 3.51. The first-order valence-corrected chi connectivity index (χ1v) is 9.29. The molecule has 136 valence electrons. The van der Waals surface area contributed by atoms with Crippen LogP contribution in [0.15, 0.2) is 40.7 Å². The van der Waals surface area contributed by atoms with E-state index in [-0.39, 0.29) is 11.5 Å². The Morgan fingerprint density at radius 2 is 1.96 bits per heavy atom. The molecule has 6 heteroatoms. The van der Waals surface area contributed by atoms with Crippen LogP contribution < -0.4 is 10.6 Å². The monoisotopic (exact) mass is 360 g/mol. The van der Waals surface area contributed by atoms with Crippen molar-refractivity contribution in [1.29, 1.82) is 0 Å². The van der Waals surface area contributed by atoms with Crippen LogP contribution in [0.2, 0.25) is 0 Å². The van der Waals surface area contributed by atoms with Crippen molar-refractivity contribution in [3.8, 4) is 10.6 Å². The lowest BCUT2D eigenvalue weighted by atomic mass is 9.89. The van der Waals surface area contributed by atoms with Gasteiger partial charge in [0.15, 0.2) is 5.96 Å². The van der Waals surface area contributed by atoms with Gasteiger partial charge in [0, 0.05) is 31.6 Å². The Bertz CT molecular complexity index is 676. The number of methoxy groups -OCH3 is 1. The summed E-state index contributed by atoms with van der Waals surface area (Å²) in [5.74, 6) is 0.751. The predicted octanol–water partition coefficient (Wildman–Crippen LogP) is 3.54. The van der Waals surface area contributed by atoms with Gasteiger partial charge in [0.25, 0.3) is 0 Å². The Labute approximate surface area is 154 Å². The van der Waals surface area contributed by atoms with Gasteiger partial charge in [-0.05, 0) is 5.41 Å². The highest BCUT2D eigenvalue weighted by molar-refractivity contribution is 7.13. The van der Waals surface area contributed by atoms with E-state index >= 15 is 0 Å². The topological polar surface area (TPSA) is 58.5 Å². The molecule has 0 radical (unpaired) electrons. The molecule has 25 heavy (non-hydrogen) atoms. The lowest BCUT2D eigenvalue weighted by molar-refractivity contribution is 0.0205. The molecule has 0 aliphatic heterocycles. The molecule has 1 atom stereocenters. The fourth-order valence-corrected chi connectivity index (χ4v) is 3.25. The highest BCUT2D eigenvalue weighted by Gasteiger charge is 2.24. The van der Waals surface area contributed by atoms with Gasteiger partial charge in [-0.3, -0.25) is 4.99 Å². The third-order valence-corrected chi connectivity index (χ3v) is 4.88. The number of nitrogens with one attached hydrogen (secondary N) is 2. The zero-order chi connectivity index (χ0) is 18.3. The van der Waals surface area contributed by atoms with E-state index in [2.05, 4.69) is 58.9 Å². The number of hydrogen-bond donors (Lipinski definition) is 2. The van der Waals surface area contributed by atoms with Gasteiger partial charge in [0.2, 0.25) is 0 Å². The second-order valence-corrected chi connectivity index (χ2v) is 7.77. The van der Waals surface area contributed by atoms with E-state index in [0.717, 1.165) is 22.2 Å². The lowest BCUT2D eigenvalue weighted by Crippen LogP contribution is -2.45. The minimum absolute atomic E-state index is 0.0695. The van der Waals surface area contributed by atoms with Crippen molar-refractivity contribution in [2.45, 2.75) is 33.4 Å². The fraction of sp³-hybridized carbons (Fsp3) is 0.474. The molecule has 0 saturated heterocycles. The third-order valence-electron chi connectivity index (χ3n) is 3.94. The zero-order valence-corrected chi connectivity index (χ0v) is 16.5. The molecule has 2 aromatic rings. The first-order chi connectivity index (χ1) is 11.9. The molecule has 0 spiro atoms. The smallest absolute Gasteiger partial charge is 0.191 e. The lowest BCUT2D eigenvalue weighted by Gasteiger charge is -2.30. The van der Waals surface area contributed by atoms with Gasteiger partial charge >= 0.3 is 0 Å². The van der Waals surface area contributed by atoms with Gasteiger partial charge in [-0.2, -0.15) is 0 Å². The number of nitrogens with zero attached hydrogens (tertiary/aromatic N) is 2. The van der Waals surface area contributed by atoms with E-state index < -0.39 is 0 Å². The molecule has 0 aliphatic rings. The Morgan fingerprint density at radius 3 is 2.56 bits per heavy atom. The maximum Gasteiger partial charge on any atom is 0.191 e. The van der Waals surface area contributed by atoms with Crippen molar-refractivity contribution in [2.75, 3.05) is 20.7 Å². The number of guanidine groups is 1. The highest BCUT2D eigenvalue weighted by atomic mass is 32.1. The summed E-state index contributed by atoms with van der Waals surface area (Å²) >= 11 is 1.66. The van der Waals surface area contributed by atoms with Crippen LogP contribution in [0.3, 0.4) is 0 Å². The second-order valence-electron chi connectivity index (χ2n) is 6.91. The van der Waals surface area contributed by atoms with Gasteiger partial charge in [-0.25, -0.2) is 4.98 Å². The third kappa shape index (κ3) is 5.83. The molecule has 1 unspecified atom stereocenters. The molecule has 0 aliphatic carbocycles. The summed E-state index contributed by atoms with van der Waals surface area (Å²) in [6, 6.07) is 10.2. The van der Waals surface area contributed by atoms with Crippen LogP contribution in [-0.4, -0.2) is 37.7 Å². The molecular weight excluding hydrogens is 332 g/mol. The van der Waals surface area contributed by atoms with E-state index in [0.29, 0.717) is 13.1 Å². The number of aliphatic imine (C=N–C) groups is 1. The van der Waals surface area contributed by atoms with Crippen molar-refractivity contribution in [1.82, 2.24) is 15.6 Å². The first-order valence-electron chi connectivity index (χ1n) is 8.41. The van der Waals surface area contributed by atoms with Crippen molar-refractivity contribution in [3.63, 3.8) is 0 Å². The van der Waals surface area contributed by atoms with Crippen molar-refractivity contribution in [3.05, 3.63) is 41.4 Å². The van der Waals surface area contributed by atoms with E-state index in [9.17, 15) is 0 Å². The number of rotatable bonds is 6. The van der Waals surface area contributed by atoms with E-state index in [1.54, 1.807) is 25.5 Å². The molecule has 5 nitrogen and oxygen atoms in total. The molecule has 0 saturated carbocycles. The summed E-state index contributed by atoms with van der Waals surface area (Å²) in [6.07, 6.45) is 0.106. The summed E-state index contributed by atoms with van der Waals surface area (Å²) in [5, 5.41) is 9.75. The van der Waals surface area contributed by atoms with Gasteiger partial charge in [0.1, 0.15) is 5.01 Å². The minimum atomic E-state index is 0.0695. The summed E-state index contributed by atoms with van der Waals surface area (Å²) in [4.78, 5) is 8.96. The van der Waals surface area contributed by atoms with E-state index in [1.165, 1.54) is 0 Å². The van der Waals surface area contributed by atoms with Gasteiger partial charge in [-0.15, -0.1) is 11.3 Å². The standard InChI is InChI=1S/C19H28N4OS/c1-19(2,3)16(24-5)12-22-18(20-4)21-11-15-13-25-17(23-15)14-9-7-6-8-10-14/h6-10,13,16H,11-12H2,1-5H3,(H2,20,21,22). The molecule has 1 heterocycles. The molecule has 0 amide bonds. The van der Waals surface area contributed by atoms with Crippen molar-refractivity contribution < 1.29 is 4.74 Å². The molecule has 2 N–H and O–H groups in total. The average molecular weight is 361 g/mol. The van der Waals surface area contributed by atoms with Crippen LogP contribution in [0.4, 0.5) is 0 Å². The Balaban J connectivity index is 1.88. The number of hydrogen-bond acceptors (Lipinski definition) is 4. The number of ether oxygens (including phenoxy) is 1. The molecule has 0 bridgehead atoms. The van der Waals surface area contributed by atoms with Crippen molar-refractivity contribution in [2.24, 2.45) is 10.4 Å². The van der Waals surface area contributed by atoms with Gasteiger partial charge in [-0.1, -0.05) is 51.1 Å². The van der Waals surface area contributed by atoms with Crippen LogP contribution in [0.1, 0.15) is 26.5 Å². The Morgan fingerprint density at radius 1 is 1.24 bits per heavy atom. The molecule has 2 rings (SSSR count). The quantitative estimate of drug-likeness (QED) is 0.611. The Kier molecular flexibility index (Phi) is 6.96. The average Bonchev–Trinajstić information content (AvgIpc) is 3.06. The maximum absolute atomic E-state index is 5.57. The molecule has 1 aromatic heterocycles. The molecule has 1 aromatic carbocycles. The van der Waals surface area contributed by atoms with Crippen LogP contribution in [0, 0.1) is 5.41 Å². The molecule has 0 fully saturated rings. The maximum atomic E-state index is 5.57. The highest BCUT2D eigenvalue weighted by Crippen LogP contribution is 2.23. The van der Waals surface area contributed by atoms with E-state index in [4.69, 9.17) is 4.74 Å². The molecular formula is C19H28N4OS. The SMILES string of the molecule is CN=C(NCc1csc(-c2ccccc2)n1)NCC(OC)C(C)(C)C. The fourth-order valence-electron chi connectivity index (χ4n) is 2.43. The second kappa shape index (κ2) is 8.97. The van der Waals surface area contributed by atoms with E-state index in [1.807, 2.05) is 18.2 Å². The van der Waals surface area contributed by atoms with Crippen LogP contribution >= 0.6 is 11.3 Å². The zero-order valence-electron chi connectivity index (χ0n) is 15.7. The number of thiazole rings is 1. The normalized spacial score (nSPS) is 13.6. The summed E-state index contributed by atoms with van der Waals surface area (Å²) < 4.78 is 5.57. The summed E-state index contributed by atoms with van der Waals surface area (Å²) in [6.45, 7) is 7.83. The van der Waals surface area contributed by atoms with Crippen molar-refractivity contribution >= 4 is 17.3 Å².